The third-order valence-electron chi connectivity index (χ3n) is 1.03. The van der Waals surface area contributed by atoms with Crippen LogP contribution in [0.3, 0.4) is 0 Å². The number of rotatable bonds is 1. The zero-order valence-corrected chi connectivity index (χ0v) is 9.02. The lowest BCUT2D eigenvalue weighted by molar-refractivity contribution is 0.235. The van der Waals surface area contributed by atoms with E-state index in [0.717, 1.165) is 5.41 Å². The van der Waals surface area contributed by atoms with Crippen LogP contribution in [0, 0.1) is 0 Å². The van der Waals surface area contributed by atoms with Crippen molar-refractivity contribution in [2.24, 2.45) is 4.99 Å². The standard InChI is InChI=1S/C6H8BrNO3S/c1-4(2)11-6-8-5(7)3-12(6,9)10/h3-4H,1-2H3. The summed E-state index contributed by atoms with van der Waals surface area (Å²) in [6, 6.07) is 0. The van der Waals surface area contributed by atoms with Crippen molar-refractivity contribution in [1.29, 1.82) is 0 Å². The van der Waals surface area contributed by atoms with Crippen LogP contribution in [0.1, 0.15) is 13.8 Å². The number of nitrogens with zero attached hydrogens (tertiary/aromatic N) is 1. The van der Waals surface area contributed by atoms with Crippen LogP contribution < -0.4 is 0 Å². The minimum absolute atomic E-state index is 0.190. The van der Waals surface area contributed by atoms with Crippen molar-refractivity contribution >= 4 is 31.0 Å². The molecule has 0 aliphatic carbocycles. The van der Waals surface area contributed by atoms with Gasteiger partial charge in [0.05, 0.1) is 11.5 Å². The SMILES string of the molecule is CC(C)OC1=NC(Br)=CS1(=O)=O. The molecule has 0 saturated carbocycles. The van der Waals surface area contributed by atoms with Crippen LogP contribution in [0.5, 0.6) is 0 Å². The second-order valence-corrected chi connectivity index (χ2v) is 5.02. The van der Waals surface area contributed by atoms with Crippen molar-refractivity contribution in [1.82, 2.24) is 0 Å². The third kappa shape index (κ3) is 2.07. The smallest absolute Gasteiger partial charge is 0.315 e. The lowest BCUT2D eigenvalue weighted by Crippen LogP contribution is -2.17. The summed E-state index contributed by atoms with van der Waals surface area (Å²) in [5.74, 6) is 0. The molecule has 0 N–H and O–H groups in total. The molecule has 4 nitrogen and oxygen atoms in total. The van der Waals surface area contributed by atoms with E-state index in [0.29, 0.717) is 0 Å². The molecule has 0 saturated heterocycles. The van der Waals surface area contributed by atoms with E-state index in [2.05, 4.69) is 20.9 Å². The summed E-state index contributed by atoms with van der Waals surface area (Å²) < 4.78 is 27.5. The normalized spacial score (nSPS) is 20.7. The summed E-state index contributed by atoms with van der Waals surface area (Å²) in [6.07, 6.45) is -0.190. The highest BCUT2D eigenvalue weighted by Crippen LogP contribution is 2.20. The fraction of sp³-hybridized carbons (Fsp3) is 0.500. The third-order valence-corrected chi connectivity index (χ3v) is 2.95. The van der Waals surface area contributed by atoms with Crippen LogP contribution in [0.4, 0.5) is 0 Å². The Hall–Kier alpha value is -0.360. The average Bonchev–Trinajstić information content (AvgIpc) is 2.04. The quantitative estimate of drug-likeness (QED) is 0.664. The number of sulfone groups is 1. The Morgan fingerprint density at radius 2 is 2.17 bits per heavy atom. The lowest BCUT2D eigenvalue weighted by atomic mass is 10.5. The minimum atomic E-state index is -3.41. The van der Waals surface area contributed by atoms with Crippen molar-refractivity contribution in [3.8, 4) is 0 Å². The summed E-state index contributed by atoms with van der Waals surface area (Å²) in [4.78, 5) is 3.67. The van der Waals surface area contributed by atoms with Crippen LogP contribution in [-0.4, -0.2) is 19.8 Å². The van der Waals surface area contributed by atoms with Crippen LogP contribution in [0.15, 0.2) is 15.0 Å². The highest BCUT2D eigenvalue weighted by atomic mass is 79.9. The first-order valence-corrected chi connectivity index (χ1v) is 5.63. The Bertz CT molecular complexity index is 342. The topological polar surface area (TPSA) is 55.7 Å². The van der Waals surface area contributed by atoms with Gasteiger partial charge in [-0.3, -0.25) is 0 Å². The first-order valence-electron chi connectivity index (χ1n) is 3.29. The van der Waals surface area contributed by atoms with Gasteiger partial charge in [0.25, 0.3) is 9.84 Å². The van der Waals surface area contributed by atoms with E-state index in [1.165, 1.54) is 0 Å². The molecule has 12 heavy (non-hydrogen) atoms. The molecule has 6 heteroatoms. The van der Waals surface area contributed by atoms with Gasteiger partial charge in [-0.25, -0.2) is 8.42 Å². The fourth-order valence-corrected chi connectivity index (χ4v) is 2.63. The van der Waals surface area contributed by atoms with Gasteiger partial charge < -0.3 is 4.74 Å². The van der Waals surface area contributed by atoms with E-state index in [1.54, 1.807) is 13.8 Å². The van der Waals surface area contributed by atoms with Crippen LogP contribution in [-0.2, 0) is 14.6 Å². The van der Waals surface area contributed by atoms with Gasteiger partial charge in [0, 0.05) is 0 Å². The molecular formula is C6H8BrNO3S. The Balaban J connectivity index is 2.90. The van der Waals surface area contributed by atoms with E-state index < -0.39 is 9.84 Å². The van der Waals surface area contributed by atoms with Crippen LogP contribution in [0.25, 0.3) is 0 Å². The molecule has 0 aromatic rings. The maximum absolute atomic E-state index is 11.1. The molecule has 0 unspecified atom stereocenters. The van der Waals surface area contributed by atoms with Gasteiger partial charge in [-0.1, -0.05) is 0 Å². The highest BCUT2D eigenvalue weighted by molar-refractivity contribution is 9.11. The summed E-state index contributed by atoms with van der Waals surface area (Å²) in [6.45, 7) is 3.48. The Labute approximate surface area is 79.4 Å². The molecule has 0 amide bonds. The lowest BCUT2D eigenvalue weighted by Gasteiger charge is -2.06. The maximum Gasteiger partial charge on any atom is 0.315 e. The average molecular weight is 254 g/mol. The first kappa shape index (κ1) is 9.73. The second-order valence-electron chi connectivity index (χ2n) is 2.53. The molecule has 0 bridgehead atoms. The van der Waals surface area contributed by atoms with Gasteiger partial charge >= 0.3 is 5.23 Å². The first-order chi connectivity index (χ1) is 5.42. The van der Waals surface area contributed by atoms with Gasteiger partial charge in [0.15, 0.2) is 0 Å². The van der Waals surface area contributed by atoms with Crippen LogP contribution in [0.2, 0.25) is 0 Å². The molecule has 1 aliphatic rings. The van der Waals surface area contributed by atoms with Gasteiger partial charge in [0.1, 0.15) is 4.61 Å². The van der Waals surface area contributed by atoms with E-state index >= 15 is 0 Å². The molecule has 0 aromatic heterocycles. The zero-order chi connectivity index (χ0) is 9.35. The monoisotopic (exact) mass is 253 g/mol. The summed E-state index contributed by atoms with van der Waals surface area (Å²) in [7, 11) is -3.41. The molecule has 0 aromatic carbocycles. The van der Waals surface area contributed by atoms with Crippen molar-refractivity contribution in [3.05, 3.63) is 10.0 Å². The number of hydrogen-bond acceptors (Lipinski definition) is 4. The summed E-state index contributed by atoms with van der Waals surface area (Å²) >= 11 is 2.96. The zero-order valence-electron chi connectivity index (χ0n) is 6.61. The number of ether oxygens (including phenoxy) is 1. The fourth-order valence-electron chi connectivity index (χ4n) is 0.651. The predicted octanol–water partition coefficient (Wildman–Crippen LogP) is 1.39. The van der Waals surface area contributed by atoms with Gasteiger partial charge in [0.2, 0.25) is 0 Å². The Morgan fingerprint density at radius 1 is 1.58 bits per heavy atom. The van der Waals surface area contributed by atoms with Gasteiger partial charge in [-0.2, -0.15) is 4.99 Å². The maximum atomic E-state index is 11.1. The molecule has 68 valence electrons. The Kier molecular flexibility index (Phi) is 2.58. The summed E-state index contributed by atoms with van der Waals surface area (Å²) in [5, 5.41) is 0.787. The van der Waals surface area contributed by atoms with Gasteiger partial charge in [-0.05, 0) is 29.8 Å². The van der Waals surface area contributed by atoms with Crippen molar-refractivity contribution in [2.75, 3.05) is 0 Å². The van der Waals surface area contributed by atoms with Crippen molar-refractivity contribution < 1.29 is 13.2 Å². The second kappa shape index (κ2) is 3.18. The molecule has 0 spiro atoms. The van der Waals surface area contributed by atoms with E-state index in [1.807, 2.05) is 0 Å². The largest absolute Gasteiger partial charge is 0.466 e. The molecule has 0 radical (unpaired) electrons. The van der Waals surface area contributed by atoms with E-state index in [-0.39, 0.29) is 15.9 Å². The molecule has 0 fully saturated rings. The van der Waals surface area contributed by atoms with Gasteiger partial charge in [-0.15, -0.1) is 0 Å². The highest BCUT2D eigenvalue weighted by Gasteiger charge is 2.26. The van der Waals surface area contributed by atoms with Crippen molar-refractivity contribution in [2.45, 2.75) is 20.0 Å². The number of hydrogen-bond donors (Lipinski definition) is 0. The molecule has 1 heterocycles. The molecule has 1 aliphatic heterocycles. The van der Waals surface area contributed by atoms with Crippen molar-refractivity contribution in [3.63, 3.8) is 0 Å². The number of aliphatic imine (C=N–C) groups is 1. The molecule has 0 atom stereocenters. The van der Waals surface area contributed by atoms with E-state index in [4.69, 9.17) is 4.74 Å². The number of halogens is 1. The van der Waals surface area contributed by atoms with Crippen LogP contribution >= 0.6 is 15.9 Å². The molecular weight excluding hydrogens is 246 g/mol. The summed E-state index contributed by atoms with van der Waals surface area (Å²) in [5.41, 5.74) is 0. The molecule has 1 rings (SSSR count). The predicted molar refractivity (Wildman–Crippen MR) is 49.6 cm³/mol. The Morgan fingerprint density at radius 3 is 2.50 bits per heavy atom. The minimum Gasteiger partial charge on any atom is -0.466 e. The van der Waals surface area contributed by atoms with E-state index in [9.17, 15) is 8.42 Å².